The number of likely N-dealkylation sites (N-methyl/N-ethyl adjacent to an activating group) is 1. The third kappa shape index (κ3) is 4.27. The number of carbonyl (C=O) groups excluding carboxylic acids is 1. The van der Waals surface area contributed by atoms with Crippen LogP contribution in [0.1, 0.15) is 61.8 Å². The van der Waals surface area contributed by atoms with Gasteiger partial charge in [0.25, 0.3) is 0 Å². The highest BCUT2D eigenvalue weighted by Crippen LogP contribution is 2.17. The molecule has 0 bridgehead atoms. The first-order valence-electron chi connectivity index (χ1n) is 7.35. The summed E-state index contributed by atoms with van der Waals surface area (Å²) in [5, 5.41) is 0. The number of nitrogens with zero attached hydrogens (tertiary/aromatic N) is 2. The highest BCUT2D eigenvalue weighted by Gasteiger charge is 2.31. The standard InChI is InChI=1S/C15H32N2O/c1-9-14(17(12(5)6)13(7)8)15(18)16(10-2)11(3)4/h11-14H,9-10H2,1-8H3. The van der Waals surface area contributed by atoms with Crippen LogP contribution < -0.4 is 0 Å². The quantitative estimate of drug-likeness (QED) is 0.698. The van der Waals surface area contributed by atoms with Crippen molar-refractivity contribution in [3.63, 3.8) is 0 Å². The van der Waals surface area contributed by atoms with Crippen molar-refractivity contribution in [2.75, 3.05) is 6.54 Å². The molecule has 0 rings (SSSR count). The van der Waals surface area contributed by atoms with Gasteiger partial charge in [-0.3, -0.25) is 9.69 Å². The maximum atomic E-state index is 12.7. The largest absolute Gasteiger partial charge is 0.339 e. The fourth-order valence-corrected chi connectivity index (χ4v) is 2.80. The van der Waals surface area contributed by atoms with Gasteiger partial charge in [0.2, 0.25) is 5.91 Å². The summed E-state index contributed by atoms with van der Waals surface area (Å²) in [6.07, 6.45) is 0.873. The van der Waals surface area contributed by atoms with Gasteiger partial charge < -0.3 is 4.90 Å². The van der Waals surface area contributed by atoms with Gasteiger partial charge in [0.05, 0.1) is 6.04 Å². The topological polar surface area (TPSA) is 23.6 Å². The highest BCUT2D eigenvalue weighted by molar-refractivity contribution is 5.82. The van der Waals surface area contributed by atoms with Crippen LogP contribution in [0.3, 0.4) is 0 Å². The van der Waals surface area contributed by atoms with E-state index in [0.717, 1.165) is 13.0 Å². The van der Waals surface area contributed by atoms with E-state index in [9.17, 15) is 4.79 Å². The minimum Gasteiger partial charge on any atom is -0.339 e. The Bertz CT molecular complexity index is 241. The van der Waals surface area contributed by atoms with E-state index in [-0.39, 0.29) is 18.0 Å². The zero-order chi connectivity index (χ0) is 14.5. The molecule has 0 aliphatic rings. The second-order valence-corrected chi connectivity index (χ2v) is 5.78. The van der Waals surface area contributed by atoms with Crippen molar-refractivity contribution in [2.45, 2.75) is 86.0 Å². The lowest BCUT2D eigenvalue weighted by atomic mass is 10.1. The van der Waals surface area contributed by atoms with Crippen LogP contribution in [-0.2, 0) is 4.79 Å². The summed E-state index contributed by atoms with van der Waals surface area (Å²) in [7, 11) is 0. The molecule has 0 aliphatic carbocycles. The zero-order valence-electron chi connectivity index (χ0n) is 13.5. The highest BCUT2D eigenvalue weighted by atomic mass is 16.2. The summed E-state index contributed by atoms with van der Waals surface area (Å²) in [5.74, 6) is 0.275. The molecular weight excluding hydrogens is 224 g/mol. The Morgan fingerprint density at radius 2 is 1.33 bits per heavy atom. The number of carbonyl (C=O) groups is 1. The molecule has 1 atom stereocenters. The van der Waals surface area contributed by atoms with E-state index in [0.29, 0.717) is 12.1 Å². The Balaban J connectivity index is 5.10. The second kappa shape index (κ2) is 7.78. The van der Waals surface area contributed by atoms with Crippen molar-refractivity contribution in [3.8, 4) is 0 Å². The molecular formula is C15H32N2O. The molecule has 0 heterocycles. The van der Waals surface area contributed by atoms with Gasteiger partial charge in [-0.15, -0.1) is 0 Å². The Morgan fingerprint density at radius 1 is 0.889 bits per heavy atom. The summed E-state index contributed by atoms with van der Waals surface area (Å²) in [4.78, 5) is 17.0. The van der Waals surface area contributed by atoms with Crippen LogP contribution in [0, 0.1) is 0 Å². The summed E-state index contributed by atoms with van der Waals surface area (Å²) >= 11 is 0. The van der Waals surface area contributed by atoms with Gasteiger partial charge in [-0.25, -0.2) is 0 Å². The predicted molar refractivity (Wildman–Crippen MR) is 78.7 cm³/mol. The van der Waals surface area contributed by atoms with E-state index >= 15 is 0 Å². The van der Waals surface area contributed by atoms with E-state index in [1.54, 1.807) is 0 Å². The lowest BCUT2D eigenvalue weighted by molar-refractivity contribution is -0.140. The van der Waals surface area contributed by atoms with Crippen LogP contribution in [0.15, 0.2) is 0 Å². The fraction of sp³-hybridized carbons (Fsp3) is 0.933. The molecule has 0 saturated carbocycles. The Morgan fingerprint density at radius 3 is 1.56 bits per heavy atom. The van der Waals surface area contributed by atoms with Crippen molar-refractivity contribution in [1.82, 2.24) is 9.80 Å². The van der Waals surface area contributed by atoms with Gasteiger partial charge in [0.15, 0.2) is 0 Å². The third-order valence-electron chi connectivity index (χ3n) is 3.47. The van der Waals surface area contributed by atoms with Crippen LogP contribution in [0.25, 0.3) is 0 Å². The normalized spacial score (nSPS) is 13.8. The first-order chi connectivity index (χ1) is 8.27. The molecule has 1 unspecified atom stereocenters. The number of amides is 1. The molecule has 0 aromatic heterocycles. The van der Waals surface area contributed by atoms with Crippen molar-refractivity contribution >= 4 is 5.91 Å². The summed E-state index contributed by atoms with van der Waals surface area (Å²) in [6, 6.07) is 1.07. The minimum atomic E-state index is 0.00681. The molecule has 0 spiro atoms. The van der Waals surface area contributed by atoms with Gasteiger partial charge in [0.1, 0.15) is 0 Å². The van der Waals surface area contributed by atoms with Gasteiger partial charge in [-0.05, 0) is 54.9 Å². The maximum absolute atomic E-state index is 12.7. The average molecular weight is 256 g/mol. The summed E-state index contributed by atoms with van der Waals surface area (Å²) < 4.78 is 0. The molecule has 108 valence electrons. The smallest absolute Gasteiger partial charge is 0.240 e. The molecule has 0 aromatic carbocycles. The van der Waals surface area contributed by atoms with Gasteiger partial charge in [-0.2, -0.15) is 0 Å². The number of hydrogen-bond acceptors (Lipinski definition) is 2. The average Bonchev–Trinajstić information content (AvgIpc) is 2.24. The minimum absolute atomic E-state index is 0.00681. The van der Waals surface area contributed by atoms with Gasteiger partial charge in [0, 0.05) is 24.7 Å². The van der Waals surface area contributed by atoms with Gasteiger partial charge >= 0.3 is 0 Å². The van der Waals surface area contributed by atoms with E-state index in [1.165, 1.54) is 0 Å². The van der Waals surface area contributed by atoms with Crippen LogP contribution >= 0.6 is 0 Å². The number of hydrogen-bond donors (Lipinski definition) is 0. The van der Waals surface area contributed by atoms with Crippen LogP contribution in [0.2, 0.25) is 0 Å². The van der Waals surface area contributed by atoms with Crippen molar-refractivity contribution in [2.24, 2.45) is 0 Å². The Labute approximate surface area is 114 Å². The first kappa shape index (κ1) is 17.4. The summed E-state index contributed by atoms with van der Waals surface area (Å²) in [5.41, 5.74) is 0. The third-order valence-corrected chi connectivity index (χ3v) is 3.47. The van der Waals surface area contributed by atoms with E-state index < -0.39 is 0 Å². The molecule has 3 heteroatoms. The van der Waals surface area contributed by atoms with E-state index in [1.807, 2.05) is 4.90 Å². The lowest BCUT2D eigenvalue weighted by Gasteiger charge is -2.40. The monoisotopic (exact) mass is 256 g/mol. The van der Waals surface area contributed by atoms with Crippen LogP contribution in [0.5, 0.6) is 0 Å². The SMILES string of the molecule is CCC(C(=O)N(CC)C(C)C)N(C(C)C)C(C)C. The van der Waals surface area contributed by atoms with Crippen molar-refractivity contribution in [3.05, 3.63) is 0 Å². The zero-order valence-corrected chi connectivity index (χ0v) is 13.5. The molecule has 3 nitrogen and oxygen atoms in total. The Hall–Kier alpha value is -0.570. The molecule has 18 heavy (non-hydrogen) atoms. The molecule has 1 amide bonds. The molecule has 0 aromatic rings. The molecule has 0 N–H and O–H groups in total. The molecule has 0 saturated heterocycles. The van der Waals surface area contributed by atoms with E-state index in [4.69, 9.17) is 0 Å². The maximum Gasteiger partial charge on any atom is 0.240 e. The van der Waals surface area contributed by atoms with Crippen LogP contribution in [0.4, 0.5) is 0 Å². The molecule has 0 fully saturated rings. The summed E-state index contributed by atoms with van der Waals surface area (Å²) in [6.45, 7) is 17.8. The Kier molecular flexibility index (Phi) is 7.53. The van der Waals surface area contributed by atoms with Gasteiger partial charge in [-0.1, -0.05) is 6.92 Å². The molecule has 0 radical (unpaired) electrons. The van der Waals surface area contributed by atoms with Crippen molar-refractivity contribution < 1.29 is 4.79 Å². The number of rotatable bonds is 7. The van der Waals surface area contributed by atoms with Crippen LogP contribution in [-0.4, -0.2) is 46.4 Å². The van der Waals surface area contributed by atoms with E-state index in [2.05, 4.69) is 60.3 Å². The lowest BCUT2D eigenvalue weighted by Crippen LogP contribution is -2.54. The fourth-order valence-electron chi connectivity index (χ4n) is 2.80. The predicted octanol–water partition coefficient (Wildman–Crippen LogP) is 3.14. The molecule has 0 aliphatic heterocycles. The van der Waals surface area contributed by atoms with Crippen molar-refractivity contribution in [1.29, 1.82) is 0 Å². The second-order valence-electron chi connectivity index (χ2n) is 5.78. The first-order valence-corrected chi connectivity index (χ1v) is 7.35.